The molecule has 0 aromatic carbocycles. The molecule has 3 heteroatoms. The molecule has 1 rings (SSSR count). The fraction of sp³-hybridized carbons (Fsp3) is 0.900. The molecule has 0 bridgehead atoms. The number of esters is 1. The highest BCUT2D eigenvalue weighted by Gasteiger charge is 2.14. The summed E-state index contributed by atoms with van der Waals surface area (Å²) < 4.78 is 5.06. The van der Waals surface area contributed by atoms with Crippen LogP contribution in [0.2, 0.25) is 0 Å². The average Bonchev–Trinajstić information content (AvgIpc) is 2.57. The lowest BCUT2D eigenvalue weighted by atomic mass is 10.1. The van der Waals surface area contributed by atoms with Gasteiger partial charge in [-0.2, -0.15) is 12.6 Å². The molecule has 0 atom stereocenters. The van der Waals surface area contributed by atoms with Gasteiger partial charge in [0.2, 0.25) is 0 Å². The Hall–Kier alpha value is -0.180. The van der Waals surface area contributed by atoms with E-state index in [1.54, 1.807) is 0 Å². The van der Waals surface area contributed by atoms with E-state index in [1.165, 1.54) is 25.7 Å². The second-order valence-corrected chi connectivity index (χ2v) is 4.08. The van der Waals surface area contributed by atoms with Crippen molar-refractivity contribution in [2.24, 2.45) is 5.92 Å². The first-order chi connectivity index (χ1) is 6.33. The minimum atomic E-state index is -0.104. The Morgan fingerprint density at radius 2 is 2.08 bits per heavy atom. The Labute approximate surface area is 85.4 Å². The molecule has 1 aliphatic carbocycles. The van der Waals surface area contributed by atoms with Gasteiger partial charge in [-0.1, -0.05) is 25.7 Å². The minimum Gasteiger partial charge on any atom is -0.466 e. The summed E-state index contributed by atoms with van der Waals surface area (Å²) in [5, 5.41) is 0. The predicted octanol–water partition coefficient (Wildman–Crippen LogP) is 2.43. The molecule has 0 heterocycles. The smallest absolute Gasteiger partial charge is 0.306 e. The van der Waals surface area contributed by atoms with Crippen molar-refractivity contribution < 1.29 is 9.53 Å². The Bertz CT molecular complexity index is 153. The maximum atomic E-state index is 10.9. The molecule has 0 radical (unpaired) electrons. The van der Waals surface area contributed by atoms with Crippen LogP contribution in [0.1, 0.15) is 38.5 Å². The van der Waals surface area contributed by atoms with E-state index >= 15 is 0 Å². The van der Waals surface area contributed by atoms with Crippen LogP contribution in [-0.2, 0) is 9.53 Å². The Morgan fingerprint density at radius 1 is 1.38 bits per heavy atom. The number of hydrogen-bond donors (Lipinski definition) is 1. The van der Waals surface area contributed by atoms with Gasteiger partial charge >= 0.3 is 5.97 Å². The second kappa shape index (κ2) is 6.30. The van der Waals surface area contributed by atoms with Crippen LogP contribution in [0.4, 0.5) is 0 Å². The van der Waals surface area contributed by atoms with Crippen LogP contribution in [0.3, 0.4) is 0 Å². The summed E-state index contributed by atoms with van der Waals surface area (Å²) in [7, 11) is 0. The zero-order chi connectivity index (χ0) is 9.52. The van der Waals surface area contributed by atoms with Gasteiger partial charge < -0.3 is 4.74 Å². The molecule has 2 nitrogen and oxygen atoms in total. The van der Waals surface area contributed by atoms with Crippen molar-refractivity contribution in [1.29, 1.82) is 0 Å². The van der Waals surface area contributed by atoms with E-state index < -0.39 is 0 Å². The zero-order valence-electron chi connectivity index (χ0n) is 8.00. The van der Waals surface area contributed by atoms with E-state index in [-0.39, 0.29) is 5.97 Å². The first-order valence-corrected chi connectivity index (χ1v) is 5.72. The topological polar surface area (TPSA) is 26.3 Å². The van der Waals surface area contributed by atoms with Gasteiger partial charge in [0.1, 0.15) is 0 Å². The summed E-state index contributed by atoms with van der Waals surface area (Å²) in [5.74, 6) is 1.29. The van der Waals surface area contributed by atoms with E-state index in [1.807, 2.05) is 0 Å². The maximum absolute atomic E-state index is 10.9. The number of carbonyl (C=O) groups excluding carboxylic acids is 1. The van der Waals surface area contributed by atoms with Gasteiger partial charge in [0.05, 0.1) is 13.0 Å². The SMILES string of the molecule is O=C(CCS)OCCC1CCCC1. The molecule has 1 saturated carbocycles. The van der Waals surface area contributed by atoms with Crippen molar-refractivity contribution in [3.05, 3.63) is 0 Å². The monoisotopic (exact) mass is 202 g/mol. The molecule has 0 aromatic rings. The lowest BCUT2D eigenvalue weighted by molar-refractivity contribution is -0.143. The Balaban J connectivity index is 1.96. The van der Waals surface area contributed by atoms with Gasteiger partial charge in [0.15, 0.2) is 0 Å². The number of hydrogen-bond acceptors (Lipinski definition) is 3. The maximum Gasteiger partial charge on any atom is 0.306 e. The number of carbonyl (C=O) groups is 1. The summed E-state index contributed by atoms with van der Waals surface area (Å²) in [6, 6.07) is 0. The molecule has 1 fully saturated rings. The molecule has 0 spiro atoms. The highest BCUT2D eigenvalue weighted by molar-refractivity contribution is 7.80. The van der Waals surface area contributed by atoms with Gasteiger partial charge in [-0.25, -0.2) is 0 Å². The van der Waals surface area contributed by atoms with Crippen molar-refractivity contribution in [1.82, 2.24) is 0 Å². The van der Waals surface area contributed by atoms with Crippen LogP contribution in [0, 0.1) is 5.92 Å². The quantitative estimate of drug-likeness (QED) is 0.547. The van der Waals surface area contributed by atoms with Gasteiger partial charge in [-0.15, -0.1) is 0 Å². The van der Waals surface area contributed by atoms with Crippen molar-refractivity contribution >= 4 is 18.6 Å². The lowest BCUT2D eigenvalue weighted by Gasteiger charge is -2.08. The van der Waals surface area contributed by atoms with Crippen molar-refractivity contribution in [3.8, 4) is 0 Å². The normalized spacial score (nSPS) is 17.6. The third-order valence-corrected chi connectivity index (χ3v) is 2.80. The average molecular weight is 202 g/mol. The third kappa shape index (κ3) is 4.55. The highest BCUT2D eigenvalue weighted by atomic mass is 32.1. The Kier molecular flexibility index (Phi) is 5.28. The highest BCUT2D eigenvalue weighted by Crippen LogP contribution is 2.27. The first kappa shape index (κ1) is 10.9. The molecular weight excluding hydrogens is 184 g/mol. The zero-order valence-corrected chi connectivity index (χ0v) is 8.89. The van der Waals surface area contributed by atoms with E-state index in [9.17, 15) is 4.79 Å². The molecule has 0 unspecified atom stereocenters. The number of rotatable bonds is 5. The van der Waals surface area contributed by atoms with Crippen molar-refractivity contribution in [3.63, 3.8) is 0 Å². The van der Waals surface area contributed by atoms with Gasteiger partial charge in [-0.05, 0) is 12.3 Å². The molecule has 0 saturated heterocycles. The summed E-state index contributed by atoms with van der Waals surface area (Å²) in [6.45, 7) is 0.608. The van der Waals surface area contributed by atoms with Crippen molar-refractivity contribution in [2.45, 2.75) is 38.5 Å². The summed E-state index contributed by atoms with van der Waals surface area (Å²) in [4.78, 5) is 10.9. The fourth-order valence-electron chi connectivity index (χ4n) is 1.80. The van der Waals surface area contributed by atoms with Gasteiger partial charge in [0.25, 0.3) is 0 Å². The predicted molar refractivity (Wildman–Crippen MR) is 56.0 cm³/mol. The lowest BCUT2D eigenvalue weighted by Crippen LogP contribution is -2.08. The molecule has 1 aliphatic rings. The number of ether oxygens (including phenoxy) is 1. The third-order valence-electron chi connectivity index (χ3n) is 2.58. The van der Waals surface area contributed by atoms with Gasteiger partial charge in [-0.3, -0.25) is 4.79 Å². The van der Waals surface area contributed by atoms with Crippen molar-refractivity contribution in [2.75, 3.05) is 12.4 Å². The van der Waals surface area contributed by atoms with Crippen LogP contribution in [0.5, 0.6) is 0 Å². The molecule has 0 aromatic heterocycles. The summed E-state index contributed by atoms with van der Waals surface area (Å²) in [6.07, 6.45) is 6.85. The van der Waals surface area contributed by atoms with E-state index in [0.29, 0.717) is 18.8 Å². The second-order valence-electron chi connectivity index (χ2n) is 3.63. The summed E-state index contributed by atoms with van der Waals surface area (Å²) >= 11 is 3.97. The van der Waals surface area contributed by atoms with Gasteiger partial charge in [0, 0.05) is 5.75 Å². The first-order valence-electron chi connectivity index (χ1n) is 5.09. The molecule has 76 valence electrons. The van der Waals surface area contributed by atoms with Crippen LogP contribution < -0.4 is 0 Å². The molecule has 0 N–H and O–H groups in total. The molecule has 0 amide bonds. The van der Waals surface area contributed by atoms with E-state index in [0.717, 1.165) is 12.3 Å². The van der Waals surface area contributed by atoms with Crippen LogP contribution in [0.15, 0.2) is 0 Å². The summed E-state index contributed by atoms with van der Waals surface area (Å²) in [5.41, 5.74) is 0. The standard InChI is InChI=1S/C10H18O2S/c11-10(6-8-13)12-7-5-9-3-1-2-4-9/h9,13H,1-8H2. The molecule has 0 aliphatic heterocycles. The van der Waals surface area contributed by atoms with Crippen LogP contribution in [-0.4, -0.2) is 18.3 Å². The fourth-order valence-corrected chi connectivity index (χ4v) is 1.98. The molecule has 13 heavy (non-hydrogen) atoms. The van der Waals surface area contributed by atoms with E-state index in [4.69, 9.17) is 4.74 Å². The molecular formula is C10H18O2S. The largest absolute Gasteiger partial charge is 0.466 e. The van der Waals surface area contributed by atoms with E-state index in [2.05, 4.69) is 12.6 Å². The van der Waals surface area contributed by atoms with Crippen LogP contribution in [0.25, 0.3) is 0 Å². The van der Waals surface area contributed by atoms with Crippen LogP contribution >= 0.6 is 12.6 Å². The Morgan fingerprint density at radius 3 is 2.69 bits per heavy atom. The minimum absolute atomic E-state index is 0.104. The number of thiol groups is 1.